The molecule has 1 unspecified atom stereocenters. The highest BCUT2D eigenvalue weighted by Crippen LogP contribution is 2.05. The molecule has 0 aromatic rings. The summed E-state index contributed by atoms with van der Waals surface area (Å²) in [6.45, 7) is 2.15. The number of hydrogen-bond donors (Lipinski definition) is 4. The van der Waals surface area contributed by atoms with Crippen molar-refractivity contribution in [1.29, 1.82) is 0 Å². The summed E-state index contributed by atoms with van der Waals surface area (Å²) in [5, 5.41) is 22.4. The lowest BCUT2D eigenvalue weighted by Crippen LogP contribution is -2.46. The monoisotopic (exact) mass is 230 g/mol. The van der Waals surface area contributed by atoms with Crippen molar-refractivity contribution in [2.75, 3.05) is 19.6 Å². The summed E-state index contributed by atoms with van der Waals surface area (Å²) in [5.74, 6) is -1.51. The van der Waals surface area contributed by atoms with Crippen LogP contribution in [0.2, 0.25) is 0 Å². The third-order valence-electron chi connectivity index (χ3n) is 2.74. The lowest BCUT2D eigenvalue weighted by molar-refractivity contribution is -0.143. The molecule has 16 heavy (non-hydrogen) atoms. The van der Waals surface area contributed by atoms with E-state index < -0.39 is 11.9 Å². The molecule has 2 fully saturated rings. The second-order valence-electron chi connectivity index (χ2n) is 4.03. The van der Waals surface area contributed by atoms with Crippen LogP contribution in [0, 0.1) is 5.92 Å². The largest absolute Gasteiger partial charge is 0.481 e. The van der Waals surface area contributed by atoms with Crippen LogP contribution in [0.4, 0.5) is 0 Å². The first-order valence-electron chi connectivity index (χ1n) is 5.51. The second kappa shape index (κ2) is 6.44. The molecule has 2 heterocycles. The van der Waals surface area contributed by atoms with Gasteiger partial charge in [0.05, 0.1) is 5.92 Å². The van der Waals surface area contributed by atoms with Crippen molar-refractivity contribution in [1.82, 2.24) is 10.6 Å². The number of nitrogens with one attached hydrogen (secondary N) is 2. The van der Waals surface area contributed by atoms with Gasteiger partial charge in [-0.25, -0.2) is 0 Å². The number of piperidine rings is 1. The molecule has 2 saturated heterocycles. The Morgan fingerprint density at radius 3 is 1.94 bits per heavy atom. The molecule has 0 aliphatic carbocycles. The molecule has 6 heteroatoms. The zero-order chi connectivity index (χ0) is 12.0. The van der Waals surface area contributed by atoms with Crippen LogP contribution >= 0.6 is 0 Å². The number of carboxylic acid groups (broad SMARTS) is 2. The van der Waals surface area contributed by atoms with Crippen LogP contribution in [0.5, 0.6) is 0 Å². The van der Waals surface area contributed by atoms with Crippen LogP contribution < -0.4 is 10.6 Å². The number of rotatable bonds is 2. The molecular weight excluding hydrogens is 212 g/mol. The first-order chi connectivity index (χ1) is 7.61. The minimum Gasteiger partial charge on any atom is -0.481 e. The van der Waals surface area contributed by atoms with Gasteiger partial charge in [0, 0.05) is 13.1 Å². The van der Waals surface area contributed by atoms with Gasteiger partial charge in [-0.15, -0.1) is 0 Å². The highest BCUT2D eigenvalue weighted by molar-refractivity contribution is 5.73. The van der Waals surface area contributed by atoms with Gasteiger partial charge in [0.2, 0.25) is 0 Å². The van der Waals surface area contributed by atoms with E-state index in [4.69, 9.17) is 10.2 Å². The molecule has 4 N–H and O–H groups in total. The molecule has 2 aliphatic rings. The number of aliphatic carboxylic acids is 2. The molecular formula is C10H18N2O4. The van der Waals surface area contributed by atoms with Crippen LogP contribution in [0.25, 0.3) is 0 Å². The first kappa shape index (κ1) is 12.9. The fraction of sp³-hybridized carbons (Fsp3) is 0.800. The Morgan fingerprint density at radius 1 is 1.06 bits per heavy atom. The maximum atomic E-state index is 10.3. The molecule has 2 rings (SSSR count). The molecule has 0 aromatic heterocycles. The maximum Gasteiger partial charge on any atom is 0.320 e. The van der Waals surface area contributed by atoms with Crippen LogP contribution in [-0.4, -0.2) is 47.8 Å². The van der Waals surface area contributed by atoms with E-state index in [9.17, 15) is 9.59 Å². The minimum atomic E-state index is -0.713. The average Bonchev–Trinajstić information content (AvgIpc) is 2.16. The van der Waals surface area contributed by atoms with Crippen LogP contribution in [0.1, 0.15) is 19.3 Å². The molecule has 0 bridgehead atoms. The summed E-state index contributed by atoms with van der Waals surface area (Å²) >= 11 is 0. The number of carboxylic acids is 2. The Balaban J connectivity index is 0.000000165. The Bertz CT molecular complexity index is 247. The molecule has 0 aromatic carbocycles. The summed E-state index contributed by atoms with van der Waals surface area (Å²) in [4.78, 5) is 20.2. The standard InChI is InChI=1S/C6H11NO2.C4H7NO2/c8-6(9)5-3-1-2-4-7-5;6-4(7)3-1-5-2-3/h5,7H,1-4H2,(H,8,9);3,5H,1-2H2,(H,6,7). The first-order valence-corrected chi connectivity index (χ1v) is 5.51. The second-order valence-corrected chi connectivity index (χ2v) is 4.03. The summed E-state index contributed by atoms with van der Waals surface area (Å²) in [7, 11) is 0. The van der Waals surface area contributed by atoms with E-state index in [-0.39, 0.29) is 12.0 Å². The molecule has 0 amide bonds. The summed E-state index contributed by atoms with van der Waals surface area (Å²) in [6, 6.07) is -0.279. The maximum absolute atomic E-state index is 10.3. The van der Waals surface area contributed by atoms with Crippen molar-refractivity contribution >= 4 is 11.9 Å². The zero-order valence-corrected chi connectivity index (χ0v) is 9.11. The van der Waals surface area contributed by atoms with Gasteiger partial charge in [-0.05, 0) is 19.4 Å². The van der Waals surface area contributed by atoms with Crippen molar-refractivity contribution in [2.24, 2.45) is 5.92 Å². The molecule has 92 valence electrons. The summed E-state index contributed by atoms with van der Waals surface area (Å²) < 4.78 is 0. The van der Waals surface area contributed by atoms with Crippen molar-refractivity contribution < 1.29 is 19.8 Å². The fourth-order valence-corrected chi connectivity index (χ4v) is 1.53. The van der Waals surface area contributed by atoms with Gasteiger partial charge in [-0.1, -0.05) is 6.42 Å². The van der Waals surface area contributed by atoms with E-state index in [1.165, 1.54) is 0 Å². The Morgan fingerprint density at radius 2 is 1.75 bits per heavy atom. The van der Waals surface area contributed by atoms with Crippen LogP contribution in [0.3, 0.4) is 0 Å². The third-order valence-corrected chi connectivity index (χ3v) is 2.74. The normalized spacial score (nSPS) is 24.9. The van der Waals surface area contributed by atoms with E-state index in [1.54, 1.807) is 0 Å². The van der Waals surface area contributed by atoms with Gasteiger partial charge in [0.15, 0.2) is 0 Å². The molecule has 0 radical (unpaired) electrons. The lowest BCUT2D eigenvalue weighted by Gasteiger charge is -2.21. The fourth-order valence-electron chi connectivity index (χ4n) is 1.53. The Kier molecular flexibility index (Phi) is 5.21. The number of hydrogen-bond acceptors (Lipinski definition) is 4. The topological polar surface area (TPSA) is 98.7 Å². The van der Waals surface area contributed by atoms with Crippen molar-refractivity contribution in [3.05, 3.63) is 0 Å². The van der Waals surface area contributed by atoms with E-state index in [0.29, 0.717) is 13.1 Å². The zero-order valence-electron chi connectivity index (χ0n) is 9.11. The van der Waals surface area contributed by atoms with Gasteiger partial charge < -0.3 is 20.8 Å². The van der Waals surface area contributed by atoms with Gasteiger partial charge in [-0.3, -0.25) is 9.59 Å². The lowest BCUT2D eigenvalue weighted by atomic mass is 10.1. The predicted molar refractivity (Wildman–Crippen MR) is 57.3 cm³/mol. The van der Waals surface area contributed by atoms with Gasteiger partial charge in [0.25, 0.3) is 0 Å². The van der Waals surface area contributed by atoms with Crippen LogP contribution in [0.15, 0.2) is 0 Å². The van der Waals surface area contributed by atoms with Crippen molar-refractivity contribution in [3.63, 3.8) is 0 Å². The highest BCUT2D eigenvalue weighted by atomic mass is 16.4. The Labute approximate surface area is 94.0 Å². The summed E-state index contributed by atoms with van der Waals surface area (Å²) in [6.07, 6.45) is 2.95. The smallest absolute Gasteiger partial charge is 0.320 e. The third kappa shape index (κ3) is 4.16. The van der Waals surface area contributed by atoms with Gasteiger partial charge >= 0.3 is 11.9 Å². The molecule has 1 atom stereocenters. The predicted octanol–water partition coefficient (Wildman–Crippen LogP) is -0.496. The van der Waals surface area contributed by atoms with E-state index >= 15 is 0 Å². The van der Waals surface area contributed by atoms with Gasteiger partial charge in [0.1, 0.15) is 6.04 Å². The molecule has 0 saturated carbocycles. The summed E-state index contributed by atoms with van der Waals surface area (Å²) in [5.41, 5.74) is 0. The minimum absolute atomic E-state index is 0.111. The van der Waals surface area contributed by atoms with E-state index in [1.807, 2.05) is 0 Å². The SMILES string of the molecule is O=C(O)C1CCCCN1.O=C(O)C1CNC1. The van der Waals surface area contributed by atoms with Gasteiger partial charge in [-0.2, -0.15) is 0 Å². The average molecular weight is 230 g/mol. The quantitative estimate of drug-likeness (QED) is 0.510. The van der Waals surface area contributed by atoms with Crippen molar-refractivity contribution in [2.45, 2.75) is 25.3 Å². The Hall–Kier alpha value is -1.14. The highest BCUT2D eigenvalue weighted by Gasteiger charge is 2.23. The number of carbonyl (C=O) groups is 2. The van der Waals surface area contributed by atoms with Crippen LogP contribution in [-0.2, 0) is 9.59 Å². The molecule has 0 spiro atoms. The van der Waals surface area contributed by atoms with E-state index in [2.05, 4.69) is 10.6 Å². The molecule has 6 nitrogen and oxygen atoms in total. The van der Waals surface area contributed by atoms with E-state index in [0.717, 1.165) is 25.8 Å². The van der Waals surface area contributed by atoms with Crippen molar-refractivity contribution in [3.8, 4) is 0 Å². The molecule has 2 aliphatic heterocycles.